The fourth-order valence-electron chi connectivity index (χ4n) is 3.99. The van der Waals surface area contributed by atoms with E-state index in [1.165, 1.54) is 36.7 Å². The van der Waals surface area contributed by atoms with Crippen molar-refractivity contribution in [2.24, 2.45) is 25.0 Å². The van der Waals surface area contributed by atoms with Gasteiger partial charge in [-0.2, -0.15) is 30.2 Å². The molecule has 0 bridgehead atoms. The van der Waals surface area contributed by atoms with Crippen LogP contribution in [0.15, 0.2) is 25.0 Å². The number of carbonyl (C=O) groups is 5. The molecule has 3 atom stereocenters. The van der Waals surface area contributed by atoms with Gasteiger partial charge in [0.1, 0.15) is 0 Å². The molecular formula is C29H34N8O14. The van der Waals surface area contributed by atoms with Gasteiger partial charge in [-0.3, -0.25) is 9.69 Å². The quantitative estimate of drug-likeness (QED) is 0.0226. The van der Waals surface area contributed by atoms with Gasteiger partial charge < -0.3 is 24.3 Å². The summed E-state index contributed by atoms with van der Waals surface area (Å²) < 4.78 is 18.3. The summed E-state index contributed by atoms with van der Waals surface area (Å²) in [5.41, 5.74) is 0. The second kappa shape index (κ2) is 29.7. The number of nitrogens with zero attached hydrogens (tertiary/aromatic N) is 7. The molecule has 0 heterocycles. The molecule has 3 unspecified atom stereocenters. The van der Waals surface area contributed by atoms with Gasteiger partial charge in [0.2, 0.25) is 43.1 Å². The predicted molar refractivity (Wildman–Crippen MR) is 163 cm³/mol. The highest BCUT2D eigenvalue weighted by Gasteiger charge is 2.24. The molecule has 22 heteroatoms. The van der Waals surface area contributed by atoms with Gasteiger partial charge in [-0.25, -0.2) is 43.2 Å². The standard InChI is InChI=1S/C29H34N8O14/c30-13-48-21-51-28(46)24(36-18-42)9-4-6-12-37(25(43)10-2-1-7-22(34-16-40)26(44)49-19-31-14-38)29(47)33-11-5-3-8-23(35-17-41)27(45)50-20-32-15-39/h22-24H,1-12,19-21H2,(H,33,47). The Morgan fingerprint density at radius 3 is 1.57 bits per heavy atom. The Labute approximate surface area is 289 Å². The Morgan fingerprint density at radius 2 is 1.10 bits per heavy atom. The van der Waals surface area contributed by atoms with Crippen LogP contribution in [0.4, 0.5) is 4.79 Å². The van der Waals surface area contributed by atoms with Crippen LogP contribution in [-0.2, 0) is 62.1 Å². The van der Waals surface area contributed by atoms with Gasteiger partial charge in [0, 0.05) is 19.5 Å². The molecule has 22 nitrogen and oxygen atoms in total. The van der Waals surface area contributed by atoms with Gasteiger partial charge in [0.25, 0.3) is 6.26 Å². The van der Waals surface area contributed by atoms with Crippen molar-refractivity contribution in [1.82, 2.24) is 10.2 Å². The zero-order chi connectivity index (χ0) is 38.1. The fraction of sp³-hybridized carbons (Fsp3) is 0.621. The lowest BCUT2D eigenvalue weighted by Crippen LogP contribution is -2.44. The normalized spacial score (nSPS) is 11.3. The van der Waals surface area contributed by atoms with E-state index in [0.29, 0.717) is 0 Å². The van der Waals surface area contributed by atoms with Crippen molar-refractivity contribution in [2.75, 3.05) is 33.3 Å². The van der Waals surface area contributed by atoms with Crippen molar-refractivity contribution in [3.8, 4) is 6.26 Å². The molecule has 0 aliphatic carbocycles. The number of urea groups is 1. The number of amides is 3. The number of hydrogen-bond donors (Lipinski definition) is 1. The van der Waals surface area contributed by atoms with Crippen molar-refractivity contribution >= 4 is 60.2 Å². The smallest absolute Gasteiger partial charge is 0.334 e. The first-order chi connectivity index (χ1) is 24.7. The van der Waals surface area contributed by atoms with Crippen LogP contribution in [0.2, 0.25) is 0 Å². The van der Waals surface area contributed by atoms with E-state index in [2.05, 4.69) is 49.2 Å². The number of unbranched alkanes of at least 4 members (excludes halogenated alkanes) is 3. The SMILES string of the molecule is N#COCOC(=O)C(CCCCN(C(=O)CCCCC(N=C=O)C(=O)OCN=C=O)C(=O)NCCCCC(N=C=O)C(=O)OCN=C=O)N=C=O. The molecule has 1 N–H and O–H groups in total. The van der Waals surface area contributed by atoms with E-state index < -0.39 is 68.2 Å². The highest BCUT2D eigenvalue weighted by molar-refractivity contribution is 5.94. The van der Waals surface area contributed by atoms with Gasteiger partial charge in [0.15, 0.2) is 31.6 Å². The first kappa shape index (κ1) is 44.5. The molecule has 0 radical (unpaired) electrons. The highest BCUT2D eigenvalue weighted by atomic mass is 16.7. The molecule has 0 saturated carbocycles. The molecule has 0 saturated heterocycles. The number of aliphatic imine (C=N–C) groups is 5. The topological polar surface area (TPSA) is 308 Å². The lowest BCUT2D eigenvalue weighted by molar-refractivity contribution is -0.153. The summed E-state index contributed by atoms with van der Waals surface area (Å²) in [7, 11) is 0. The largest absolute Gasteiger partial charge is 0.440 e. The van der Waals surface area contributed by atoms with E-state index >= 15 is 0 Å². The minimum absolute atomic E-state index is 0.0268. The highest BCUT2D eigenvalue weighted by Crippen LogP contribution is 2.13. The molecule has 3 amide bonds. The molecule has 0 aromatic heterocycles. The van der Waals surface area contributed by atoms with E-state index in [1.807, 2.05) is 0 Å². The third kappa shape index (κ3) is 21.2. The van der Waals surface area contributed by atoms with E-state index in [9.17, 15) is 47.9 Å². The van der Waals surface area contributed by atoms with Crippen LogP contribution in [-0.4, -0.2) is 117 Å². The summed E-state index contributed by atoms with van der Waals surface area (Å²) in [4.78, 5) is 132. The van der Waals surface area contributed by atoms with Crippen LogP contribution in [0.25, 0.3) is 0 Å². The number of ether oxygens (including phenoxy) is 4. The molecule has 0 aliphatic heterocycles. The second-order valence-corrected chi connectivity index (χ2v) is 9.72. The number of carbonyl (C=O) groups excluding carboxylic acids is 10. The van der Waals surface area contributed by atoms with Crippen LogP contribution in [0.1, 0.15) is 64.2 Å². The number of hydrogen-bond acceptors (Lipinski definition) is 20. The Hall–Kier alpha value is -6.46. The van der Waals surface area contributed by atoms with Crippen LogP contribution >= 0.6 is 0 Å². The molecule has 0 aliphatic rings. The van der Waals surface area contributed by atoms with Crippen molar-refractivity contribution in [2.45, 2.75) is 82.3 Å². The maximum Gasteiger partial charge on any atom is 0.334 e. The predicted octanol–water partition coefficient (Wildman–Crippen LogP) is 0.210. The average molecular weight is 719 g/mol. The Kier molecular flexibility index (Phi) is 25.9. The lowest BCUT2D eigenvalue weighted by atomic mass is 10.1. The Balaban J connectivity index is 5.34. The minimum Gasteiger partial charge on any atom is -0.440 e. The molecule has 51 heavy (non-hydrogen) atoms. The molecule has 0 rings (SSSR count). The third-order valence-corrected chi connectivity index (χ3v) is 6.39. The molecule has 0 spiro atoms. The van der Waals surface area contributed by atoms with Crippen molar-refractivity contribution < 1.29 is 66.9 Å². The average Bonchev–Trinajstić information content (AvgIpc) is 3.11. The number of nitrogens with one attached hydrogen (secondary N) is 1. The number of rotatable bonds is 27. The third-order valence-electron chi connectivity index (χ3n) is 6.39. The van der Waals surface area contributed by atoms with Crippen LogP contribution in [0.5, 0.6) is 0 Å². The number of imide groups is 1. The second-order valence-electron chi connectivity index (χ2n) is 9.72. The maximum absolute atomic E-state index is 13.1. The van der Waals surface area contributed by atoms with Crippen molar-refractivity contribution in [3.63, 3.8) is 0 Å². The van der Waals surface area contributed by atoms with Crippen LogP contribution < -0.4 is 5.32 Å². The number of nitriles is 1. The zero-order valence-corrected chi connectivity index (χ0v) is 27.2. The van der Waals surface area contributed by atoms with Crippen LogP contribution in [0.3, 0.4) is 0 Å². The molecular weight excluding hydrogens is 684 g/mol. The minimum atomic E-state index is -1.27. The van der Waals surface area contributed by atoms with Gasteiger partial charge in [-0.1, -0.05) is 6.42 Å². The molecule has 0 aromatic carbocycles. The zero-order valence-electron chi connectivity index (χ0n) is 27.2. The van der Waals surface area contributed by atoms with E-state index in [-0.39, 0.29) is 77.3 Å². The molecule has 274 valence electrons. The van der Waals surface area contributed by atoms with Gasteiger partial charge in [-0.15, -0.1) is 0 Å². The Bertz CT molecular complexity index is 1450. The first-order valence-corrected chi connectivity index (χ1v) is 15.1. The van der Waals surface area contributed by atoms with Gasteiger partial charge >= 0.3 is 23.9 Å². The van der Waals surface area contributed by atoms with E-state index in [4.69, 9.17) is 5.26 Å². The Morgan fingerprint density at radius 1 is 0.627 bits per heavy atom. The summed E-state index contributed by atoms with van der Waals surface area (Å²) in [6, 6.07) is -4.54. The molecule has 0 fully saturated rings. The lowest BCUT2D eigenvalue weighted by Gasteiger charge is -2.22. The number of isocyanates is 5. The summed E-state index contributed by atoms with van der Waals surface area (Å²) in [5.74, 6) is -3.45. The first-order valence-electron chi connectivity index (χ1n) is 15.1. The van der Waals surface area contributed by atoms with Gasteiger partial charge in [-0.05, 0) is 51.4 Å². The van der Waals surface area contributed by atoms with Crippen molar-refractivity contribution in [1.29, 1.82) is 5.26 Å². The van der Waals surface area contributed by atoms with E-state index in [0.717, 1.165) is 4.90 Å². The summed E-state index contributed by atoms with van der Waals surface area (Å²) in [5, 5.41) is 10.9. The fourth-order valence-corrected chi connectivity index (χ4v) is 3.99. The van der Waals surface area contributed by atoms with Crippen LogP contribution in [0, 0.1) is 11.5 Å². The summed E-state index contributed by atoms with van der Waals surface area (Å²) >= 11 is 0. The van der Waals surface area contributed by atoms with Crippen molar-refractivity contribution in [3.05, 3.63) is 0 Å². The van der Waals surface area contributed by atoms with Gasteiger partial charge in [0.05, 0.1) is 0 Å². The molecule has 0 aromatic rings. The summed E-state index contributed by atoms with van der Waals surface area (Å²) in [6.45, 7) is -2.02. The maximum atomic E-state index is 13.1. The monoisotopic (exact) mass is 718 g/mol. The summed E-state index contributed by atoms with van der Waals surface area (Å²) in [6.07, 6.45) is 8.38. The number of esters is 3. The van der Waals surface area contributed by atoms with E-state index in [1.54, 1.807) is 0 Å².